The van der Waals surface area contributed by atoms with E-state index in [1.807, 2.05) is 0 Å². The number of rotatable bonds is 10. The van der Waals surface area contributed by atoms with Crippen molar-refractivity contribution in [3.63, 3.8) is 0 Å². The van der Waals surface area contributed by atoms with Crippen molar-refractivity contribution < 1.29 is 0 Å². The second-order valence-electron chi connectivity index (χ2n) is 4.57. The van der Waals surface area contributed by atoms with E-state index in [1.54, 1.807) is 0 Å². The number of hydrogen-bond donors (Lipinski definition) is 1. The van der Waals surface area contributed by atoms with Crippen LogP contribution in [0.2, 0.25) is 0 Å². The summed E-state index contributed by atoms with van der Waals surface area (Å²) in [5.41, 5.74) is 0. The molecule has 1 N–H and O–H groups in total. The van der Waals surface area contributed by atoms with Gasteiger partial charge in [-0.25, -0.2) is 0 Å². The van der Waals surface area contributed by atoms with Gasteiger partial charge in [0.15, 0.2) is 0 Å². The largest absolute Gasteiger partial charge is 0.314 e. The Morgan fingerprint density at radius 3 is 2.27 bits per heavy atom. The Morgan fingerprint density at radius 2 is 1.60 bits per heavy atom. The minimum atomic E-state index is 0.618. The molecule has 0 amide bonds. The van der Waals surface area contributed by atoms with Crippen molar-refractivity contribution in [2.45, 2.75) is 71.8 Å². The molecule has 0 aliphatic carbocycles. The Hall–Kier alpha value is -0.300. The first-order chi connectivity index (χ1) is 7.27. The molecule has 0 unspecified atom stereocenters. The third-order valence-corrected chi connectivity index (χ3v) is 2.50. The van der Waals surface area contributed by atoms with Gasteiger partial charge in [-0.3, -0.25) is 0 Å². The third kappa shape index (κ3) is 13.7. The minimum Gasteiger partial charge on any atom is -0.314 e. The van der Waals surface area contributed by atoms with E-state index in [-0.39, 0.29) is 0 Å². The van der Waals surface area contributed by atoms with Crippen molar-refractivity contribution in [2.24, 2.45) is 0 Å². The molecule has 0 aromatic carbocycles. The predicted molar refractivity (Wildman–Crippen MR) is 70.3 cm³/mol. The highest BCUT2D eigenvalue weighted by atomic mass is 14.9. The van der Waals surface area contributed by atoms with E-state index in [2.05, 4.69) is 38.2 Å². The molecule has 0 aliphatic heterocycles. The summed E-state index contributed by atoms with van der Waals surface area (Å²) in [7, 11) is 0. The van der Waals surface area contributed by atoms with Crippen LogP contribution in [0.5, 0.6) is 0 Å². The van der Waals surface area contributed by atoms with E-state index < -0.39 is 0 Å². The lowest BCUT2D eigenvalue weighted by molar-refractivity contribution is 0.594. The summed E-state index contributed by atoms with van der Waals surface area (Å²) >= 11 is 0. The molecule has 0 saturated heterocycles. The second kappa shape index (κ2) is 11.8. The molecule has 0 saturated carbocycles. The zero-order chi connectivity index (χ0) is 11.4. The number of allylic oxidation sites excluding steroid dienone is 1. The van der Waals surface area contributed by atoms with E-state index in [0.29, 0.717) is 6.04 Å². The van der Waals surface area contributed by atoms with E-state index >= 15 is 0 Å². The van der Waals surface area contributed by atoms with E-state index in [0.717, 1.165) is 6.54 Å². The molecular weight excluding hydrogens is 182 g/mol. The van der Waals surface area contributed by atoms with Gasteiger partial charge in [0.25, 0.3) is 0 Å². The molecule has 0 aliphatic rings. The SMILES string of the molecule is CCCCCCCC=CCCNC(C)C. The average molecular weight is 211 g/mol. The van der Waals surface area contributed by atoms with Crippen LogP contribution in [0, 0.1) is 0 Å². The first-order valence-electron chi connectivity index (χ1n) is 6.65. The van der Waals surface area contributed by atoms with Crippen LogP contribution in [0.4, 0.5) is 0 Å². The van der Waals surface area contributed by atoms with Gasteiger partial charge in [0.05, 0.1) is 0 Å². The van der Waals surface area contributed by atoms with Crippen molar-refractivity contribution in [2.75, 3.05) is 6.54 Å². The van der Waals surface area contributed by atoms with Gasteiger partial charge in [-0.15, -0.1) is 0 Å². The lowest BCUT2D eigenvalue weighted by Crippen LogP contribution is -2.23. The summed E-state index contributed by atoms with van der Waals surface area (Å²) in [5.74, 6) is 0. The Labute approximate surface area is 96.3 Å². The molecule has 0 fully saturated rings. The lowest BCUT2D eigenvalue weighted by atomic mass is 10.1. The van der Waals surface area contributed by atoms with Gasteiger partial charge in [-0.2, -0.15) is 0 Å². The van der Waals surface area contributed by atoms with E-state index in [1.165, 1.54) is 44.9 Å². The van der Waals surface area contributed by atoms with E-state index in [4.69, 9.17) is 0 Å². The summed E-state index contributed by atoms with van der Waals surface area (Å²) in [5, 5.41) is 3.41. The van der Waals surface area contributed by atoms with E-state index in [9.17, 15) is 0 Å². The van der Waals surface area contributed by atoms with Gasteiger partial charge in [-0.1, -0.05) is 58.6 Å². The maximum atomic E-state index is 3.41. The highest BCUT2D eigenvalue weighted by molar-refractivity contribution is 4.82. The van der Waals surface area contributed by atoms with Crippen molar-refractivity contribution in [1.82, 2.24) is 5.32 Å². The molecule has 0 bridgehead atoms. The van der Waals surface area contributed by atoms with Gasteiger partial charge in [0.2, 0.25) is 0 Å². The van der Waals surface area contributed by atoms with Crippen LogP contribution in [0.3, 0.4) is 0 Å². The smallest absolute Gasteiger partial charge is 0.00105 e. The van der Waals surface area contributed by atoms with Crippen LogP contribution < -0.4 is 5.32 Å². The Morgan fingerprint density at radius 1 is 0.933 bits per heavy atom. The molecule has 0 heterocycles. The molecule has 0 aromatic heterocycles. The molecular formula is C14H29N. The topological polar surface area (TPSA) is 12.0 Å². The first kappa shape index (κ1) is 14.7. The number of hydrogen-bond acceptors (Lipinski definition) is 1. The summed E-state index contributed by atoms with van der Waals surface area (Å²) in [6.45, 7) is 7.76. The monoisotopic (exact) mass is 211 g/mol. The average Bonchev–Trinajstić information content (AvgIpc) is 2.20. The Kier molecular flexibility index (Phi) is 11.5. The fourth-order valence-corrected chi connectivity index (χ4v) is 1.56. The number of nitrogens with one attached hydrogen (secondary N) is 1. The third-order valence-electron chi connectivity index (χ3n) is 2.50. The van der Waals surface area contributed by atoms with Crippen LogP contribution in [0.25, 0.3) is 0 Å². The maximum Gasteiger partial charge on any atom is 0.00105 e. The van der Waals surface area contributed by atoms with Crippen molar-refractivity contribution in [3.05, 3.63) is 12.2 Å². The molecule has 0 radical (unpaired) electrons. The maximum absolute atomic E-state index is 3.41. The molecule has 1 heteroatoms. The van der Waals surface area contributed by atoms with Gasteiger partial charge < -0.3 is 5.32 Å². The summed E-state index contributed by atoms with van der Waals surface area (Å²) < 4.78 is 0. The normalized spacial score (nSPS) is 11.7. The molecule has 15 heavy (non-hydrogen) atoms. The van der Waals surface area contributed by atoms with Crippen molar-refractivity contribution in [1.29, 1.82) is 0 Å². The van der Waals surface area contributed by atoms with Gasteiger partial charge in [0.1, 0.15) is 0 Å². The quantitative estimate of drug-likeness (QED) is 0.420. The van der Waals surface area contributed by atoms with Gasteiger partial charge >= 0.3 is 0 Å². The molecule has 0 rings (SSSR count). The van der Waals surface area contributed by atoms with Crippen molar-refractivity contribution >= 4 is 0 Å². The summed E-state index contributed by atoms with van der Waals surface area (Å²) in [6, 6.07) is 0.618. The van der Waals surface area contributed by atoms with Crippen molar-refractivity contribution in [3.8, 4) is 0 Å². The summed E-state index contributed by atoms with van der Waals surface area (Å²) in [6.07, 6.45) is 14.0. The molecule has 90 valence electrons. The van der Waals surface area contributed by atoms with Crippen LogP contribution in [-0.2, 0) is 0 Å². The molecule has 0 spiro atoms. The zero-order valence-corrected chi connectivity index (χ0v) is 10.9. The Bertz CT molecular complexity index is 138. The van der Waals surface area contributed by atoms with Gasteiger partial charge in [-0.05, 0) is 25.8 Å². The highest BCUT2D eigenvalue weighted by Crippen LogP contribution is 2.05. The van der Waals surface area contributed by atoms with Gasteiger partial charge in [0, 0.05) is 6.04 Å². The molecule has 1 nitrogen and oxygen atoms in total. The Balaban J connectivity index is 3.04. The first-order valence-corrected chi connectivity index (χ1v) is 6.65. The predicted octanol–water partition coefficient (Wildman–Crippen LogP) is 4.29. The minimum absolute atomic E-state index is 0.618. The molecule has 0 aromatic rings. The fraction of sp³-hybridized carbons (Fsp3) is 0.857. The second-order valence-corrected chi connectivity index (χ2v) is 4.57. The van der Waals surface area contributed by atoms with Crippen LogP contribution in [-0.4, -0.2) is 12.6 Å². The standard InChI is InChI=1S/C14H29N/c1-4-5-6-7-8-9-10-11-12-13-15-14(2)3/h10-11,14-15H,4-9,12-13H2,1-3H3. The van der Waals surface area contributed by atoms with Crippen LogP contribution in [0.1, 0.15) is 65.7 Å². The number of unbranched alkanes of at least 4 members (excludes halogenated alkanes) is 5. The van der Waals surface area contributed by atoms with Crippen LogP contribution in [0.15, 0.2) is 12.2 Å². The van der Waals surface area contributed by atoms with Crippen LogP contribution >= 0.6 is 0 Å². The zero-order valence-electron chi connectivity index (χ0n) is 10.9. The fourth-order valence-electron chi connectivity index (χ4n) is 1.56. The summed E-state index contributed by atoms with van der Waals surface area (Å²) in [4.78, 5) is 0. The lowest BCUT2D eigenvalue weighted by Gasteiger charge is -2.04. The highest BCUT2D eigenvalue weighted by Gasteiger charge is 1.89. The molecule has 0 atom stereocenters.